The molecule has 1 rings (SSSR count). The zero-order valence-corrected chi connectivity index (χ0v) is 10.9. The second-order valence-electron chi connectivity index (χ2n) is 4.47. The summed E-state index contributed by atoms with van der Waals surface area (Å²) in [6.45, 7) is 1.45. The zero-order chi connectivity index (χ0) is 12.9. The summed E-state index contributed by atoms with van der Waals surface area (Å²) >= 11 is 0. The van der Waals surface area contributed by atoms with Gasteiger partial charge in [0.1, 0.15) is 0 Å². The Morgan fingerprint density at radius 1 is 1.41 bits per heavy atom. The third-order valence-electron chi connectivity index (χ3n) is 3.08. The number of rotatable bonds is 7. The zero-order valence-electron chi connectivity index (χ0n) is 10.1. The lowest BCUT2D eigenvalue weighted by Gasteiger charge is -2.29. The molecule has 1 fully saturated rings. The van der Waals surface area contributed by atoms with E-state index >= 15 is 0 Å². The summed E-state index contributed by atoms with van der Waals surface area (Å²) < 4.78 is 31.4. The lowest BCUT2D eigenvalue weighted by atomic mass is 10.0. The minimum absolute atomic E-state index is 0.116. The molecule has 0 spiro atoms. The molecule has 0 radical (unpaired) electrons. The van der Waals surface area contributed by atoms with E-state index in [2.05, 4.69) is 4.72 Å². The second kappa shape index (κ2) is 6.10. The first-order chi connectivity index (χ1) is 7.97. The number of sulfonamides is 1. The molecular formula is C10H21NO5S. The standard InChI is InChI=1S/C10H21NO5S/c1-2-10(7-12,8-13)11-17(14,15)6-9-4-3-5-16-9/h9,11-13H,2-8H2,1H3. The highest BCUT2D eigenvalue weighted by molar-refractivity contribution is 7.89. The lowest BCUT2D eigenvalue weighted by molar-refractivity contribution is 0.103. The first-order valence-electron chi connectivity index (χ1n) is 5.82. The van der Waals surface area contributed by atoms with Crippen LogP contribution in [0.4, 0.5) is 0 Å². The van der Waals surface area contributed by atoms with Crippen LogP contribution in [0.2, 0.25) is 0 Å². The van der Waals surface area contributed by atoms with Crippen LogP contribution in [0.3, 0.4) is 0 Å². The topological polar surface area (TPSA) is 95.9 Å². The molecule has 1 aliphatic heterocycles. The van der Waals surface area contributed by atoms with Gasteiger partial charge in [-0.2, -0.15) is 0 Å². The Kier molecular flexibility index (Phi) is 5.33. The van der Waals surface area contributed by atoms with Crippen molar-refractivity contribution >= 4 is 10.0 Å². The Balaban J connectivity index is 2.63. The monoisotopic (exact) mass is 267 g/mol. The fraction of sp³-hybridized carbons (Fsp3) is 1.00. The van der Waals surface area contributed by atoms with E-state index in [1.807, 2.05) is 0 Å². The van der Waals surface area contributed by atoms with E-state index in [9.17, 15) is 18.6 Å². The predicted octanol–water partition coefficient (Wildman–Crippen LogP) is -0.782. The first kappa shape index (κ1) is 14.8. The van der Waals surface area contributed by atoms with E-state index in [-0.39, 0.29) is 11.9 Å². The molecule has 102 valence electrons. The molecule has 7 heteroatoms. The number of aliphatic hydroxyl groups is 2. The SMILES string of the molecule is CCC(CO)(CO)NS(=O)(=O)CC1CCCO1. The van der Waals surface area contributed by atoms with Crippen molar-refractivity contribution in [1.29, 1.82) is 0 Å². The highest BCUT2D eigenvalue weighted by Gasteiger charge is 2.33. The van der Waals surface area contributed by atoms with Crippen LogP contribution in [0, 0.1) is 0 Å². The van der Waals surface area contributed by atoms with Crippen LogP contribution in [0.15, 0.2) is 0 Å². The van der Waals surface area contributed by atoms with Crippen LogP contribution in [0.1, 0.15) is 26.2 Å². The van der Waals surface area contributed by atoms with Gasteiger partial charge in [-0.25, -0.2) is 13.1 Å². The van der Waals surface area contributed by atoms with E-state index in [0.717, 1.165) is 12.8 Å². The third kappa shape index (κ3) is 4.18. The first-order valence-corrected chi connectivity index (χ1v) is 7.47. The molecule has 1 unspecified atom stereocenters. The molecular weight excluding hydrogens is 246 g/mol. The molecule has 1 atom stereocenters. The van der Waals surface area contributed by atoms with Gasteiger partial charge in [-0.05, 0) is 19.3 Å². The van der Waals surface area contributed by atoms with E-state index < -0.39 is 28.8 Å². The maximum Gasteiger partial charge on any atom is 0.214 e. The smallest absolute Gasteiger partial charge is 0.214 e. The van der Waals surface area contributed by atoms with Gasteiger partial charge in [0.15, 0.2) is 0 Å². The van der Waals surface area contributed by atoms with Crippen molar-refractivity contribution in [3.05, 3.63) is 0 Å². The Morgan fingerprint density at radius 2 is 2.06 bits per heavy atom. The van der Waals surface area contributed by atoms with Crippen molar-refractivity contribution in [2.75, 3.05) is 25.6 Å². The quantitative estimate of drug-likeness (QED) is 0.562. The fourth-order valence-electron chi connectivity index (χ4n) is 1.80. The summed E-state index contributed by atoms with van der Waals surface area (Å²) in [5.41, 5.74) is -1.17. The fourth-order valence-corrected chi connectivity index (χ4v) is 3.57. The van der Waals surface area contributed by atoms with Gasteiger partial charge in [0.05, 0.1) is 30.6 Å². The van der Waals surface area contributed by atoms with Crippen LogP contribution in [0.25, 0.3) is 0 Å². The van der Waals surface area contributed by atoms with E-state index in [4.69, 9.17) is 4.74 Å². The predicted molar refractivity (Wildman–Crippen MR) is 63.1 cm³/mol. The number of nitrogens with one attached hydrogen (secondary N) is 1. The molecule has 1 saturated heterocycles. The molecule has 0 aromatic carbocycles. The van der Waals surface area contributed by atoms with Crippen molar-refractivity contribution < 1.29 is 23.4 Å². The molecule has 0 aliphatic carbocycles. The van der Waals surface area contributed by atoms with Crippen molar-refractivity contribution in [3.8, 4) is 0 Å². The molecule has 0 aromatic rings. The van der Waals surface area contributed by atoms with Crippen LogP contribution < -0.4 is 4.72 Å². The van der Waals surface area contributed by atoms with Gasteiger partial charge < -0.3 is 14.9 Å². The van der Waals surface area contributed by atoms with E-state index in [1.165, 1.54) is 0 Å². The van der Waals surface area contributed by atoms with Gasteiger partial charge in [0.25, 0.3) is 0 Å². The van der Waals surface area contributed by atoms with Gasteiger partial charge >= 0.3 is 0 Å². The van der Waals surface area contributed by atoms with Crippen LogP contribution in [-0.4, -0.2) is 55.8 Å². The molecule has 17 heavy (non-hydrogen) atoms. The normalized spacial score (nSPS) is 21.9. The number of hydrogen-bond donors (Lipinski definition) is 3. The van der Waals surface area contributed by atoms with Crippen LogP contribution in [-0.2, 0) is 14.8 Å². The minimum atomic E-state index is -3.55. The number of hydrogen-bond acceptors (Lipinski definition) is 5. The summed E-state index contributed by atoms with van der Waals surface area (Å²) in [4.78, 5) is 0. The molecule has 1 heterocycles. The molecule has 6 nitrogen and oxygen atoms in total. The van der Waals surface area contributed by atoms with Crippen molar-refractivity contribution in [2.24, 2.45) is 0 Å². The molecule has 1 aliphatic rings. The van der Waals surface area contributed by atoms with Crippen molar-refractivity contribution in [3.63, 3.8) is 0 Å². The Bertz CT molecular complexity index is 311. The number of ether oxygens (including phenoxy) is 1. The molecule has 0 bridgehead atoms. The van der Waals surface area contributed by atoms with Crippen molar-refractivity contribution in [1.82, 2.24) is 4.72 Å². The second-order valence-corrected chi connectivity index (χ2v) is 6.24. The van der Waals surface area contributed by atoms with Gasteiger partial charge in [-0.1, -0.05) is 6.92 Å². The van der Waals surface area contributed by atoms with Crippen molar-refractivity contribution in [2.45, 2.75) is 37.8 Å². The van der Waals surface area contributed by atoms with Gasteiger partial charge in [0, 0.05) is 6.61 Å². The van der Waals surface area contributed by atoms with Gasteiger partial charge in [0.2, 0.25) is 10.0 Å². The Morgan fingerprint density at radius 3 is 2.47 bits per heavy atom. The van der Waals surface area contributed by atoms with E-state index in [1.54, 1.807) is 6.92 Å². The summed E-state index contributed by atoms with van der Waals surface area (Å²) in [5, 5.41) is 18.4. The summed E-state index contributed by atoms with van der Waals surface area (Å²) in [6.07, 6.45) is 1.65. The van der Waals surface area contributed by atoms with E-state index in [0.29, 0.717) is 13.0 Å². The average molecular weight is 267 g/mol. The summed E-state index contributed by atoms with van der Waals surface area (Å²) in [5.74, 6) is -0.116. The Labute approximate surface area is 102 Å². The third-order valence-corrected chi connectivity index (χ3v) is 4.64. The average Bonchev–Trinajstić information content (AvgIpc) is 2.78. The molecule has 0 saturated carbocycles. The molecule has 0 aromatic heterocycles. The van der Waals surface area contributed by atoms with Gasteiger partial charge in [-0.15, -0.1) is 0 Å². The Hall–Kier alpha value is -0.210. The maximum absolute atomic E-state index is 11.9. The van der Waals surface area contributed by atoms with Gasteiger partial charge in [-0.3, -0.25) is 0 Å². The highest BCUT2D eigenvalue weighted by atomic mass is 32.2. The van der Waals surface area contributed by atoms with Crippen LogP contribution in [0.5, 0.6) is 0 Å². The number of aliphatic hydroxyl groups excluding tert-OH is 2. The minimum Gasteiger partial charge on any atom is -0.394 e. The summed E-state index contributed by atoms with van der Waals surface area (Å²) in [7, 11) is -3.55. The molecule has 0 amide bonds. The largest absolute Gasteiger partial charge is 0.394 e. The highest BCUT2D eigenvalue weighted by Crippen LogP contribution is 2.16. The lowest BCUT2D eigenvalue weighted by Crippen LogP contribution is -2.55. The van der Waals surface area contributed by atoms with Crippen LogP contribution >= 0.6 is 0 Å². The molecule has 3 N–H and O–H groups in total. The summed E-state index contributed by atoms with van der Waals surface area (Å²) in [6, 6.07) is 0. The maximum atomic E-state index is 11.9.